The quantitative estimate of drug-likeness (QED) is 0.726. The fourth-order valence-corrected chi connectivity index (χ4v) is 2.14. The van der Waals surface area contributed by atoms with Gasteiger partial charge >= 0.3 is 0 Å². The zero-order valence-corrected chi connectivity index (χ0v) is 10.2. The van der Waals surface area contributed by atoms with E-state index in [0.717, 1.165) is 17.1 Å². The summed E-state index contributed by atoms with van der Waals surface area (Å²) < 4.78 is 0. The fourth-order valence-electron chi connectivity index (χ4n) is 2.14. The molecule has 0 amide bonds. The Bertz CT molecular complexity index is 675. The Hall–Kier alpha value is -2.35. The molecule has 2 nitrogen and oxygen atoms in total. The van der Waals surface area contributed by atoms with Crippen molar-refractivity contribution in [2.75, 3.05) is 12.4 Å². The van der Waals surface area contributed by atoms with Gasteiger partial charge in [0.15, 0.2) is 0 Å². The minimum absolute atomic E-state index is 0.896. The summed E-state index contributed by atoms with van der Waals surface area (Å²) in [6.07, 6.45) is 0. The topological polar surface area (TPSA) is 24.9 Å². The molecule has 0 aliphatic heterocycles. The van der Waals surface area contributed by atoms with E-state index in [0.29, 0.717) is 0 Å². The van der Waals surface area contributed by atoms with Crippen LogP contribution in [-0.2, 0) is 0 Å². The minimum atomic E-state index is 0.896. The van der Waals surface area contributed by atoms with E-state index < -0.39 is 0 Å². The van der Waals surface area contributed by atoms with E-state index in [4.69, 9.17) is 0 Å². The summed E-state index contributed by atoms with van der Waals surface area (Å²) in [5, 5.41) is 5.51. The van der Waals surface area contributed by atoms with E-state index in [1.807, 2.05) is 25.2 Å². The first kappa shape index (κ1) is 10.8. The molecule has 0 aliphatic carbocycles. The molecular weight excluding hydrogens is 220 g/mol. The molecule has 0 aliphatic rings. The van der Waals surface area contributed by atoms with E-state index in [1.165, 1.54) is 10.8 Å². The summed E-state index contributed by atoms with van der Waals surface area (Å²) in [4.78, 5) is 4.68. The fraction of sp³-hybridized carbons (Fsp3) is 0.0625. The molecule has 18 heavy (non-hydrogen) atoms. The van der Waals surface area contributed by atoms with Gasteiger partial charge in [-0.1, -0.05) is 54.6 Å². The Morgan fingerprint density at radius 3 is 2.39 bits per heavy atom. The highest BCUT2D eigenvalue weighted by Crippen LogP contribution is 2.28. The molecule has 0 bridgehead atoms. The van der Waals surface area contributed by atoms with Crippen molar-refractivity contribution < 1.29 is 0 Å². The second-order valence-corrected chi connectivity index (χ2v) is 4.19. The highest BCUT2D eigenvalue weighted by atomic mass is 15.0. The van der Waals surface area contributed by atoms with Crippen molar-refractivity contribution in [2.24, 2.45) is 0 Å². The molecule has 0 spiro atoms. The number of nitrogens with one attached hydrogen (secondary N) is 1. The van der Waals surface area contributed by atoms with Crippen LogP contribution in [0.25, 0.3) is 22.0 Å². The Kier molecular flexibility index (Phi) is 2.69. The molecule has 88 valence electrons. The van der Waals surface area contributed by atoms with Crippen molar-refractivity contribution in [2.45, 2.75) is 0 Å². The Morgan fingerprint density at radius 1 is 0.889 bits per heavy atom. The molecule has 1 aromatic heterocycles. The average Bonchev–Trinajstić information content (AvgIpc) is 2.47. The van der Waals surface area contributed by atoms with Gasteiger partial charge in [0.25, 0.3) is 0 Å². The molecule has 2 heteroatoms. The number of anilines is 1. The summed E-state index contributed by atoms with van der Waals surface area (Å²) in [7, 11) is 1.89. The molecule has 3 rings (SSSR count). The molecule has 1 heterocycles. The standard InChI is InChI=1S/C16H14N2/c1-17-15-11-13-9-5-6-10-14(13)16(18-15)12-7-3-2-4-8-12/h2-11H,1H3,(H,17,18). The second-order valence-electron chi connectivity index (χ2n) is 4.19. The SMILES string of the molecule is CNc1cc2ccccc2c(-c2ccccc2)n1. The van der Waals surface area contributed by atoms with Gasteiger partial charge in [-0.15, -0.1) is 0 Å². The summed E-state index contributed by atoms with van der Waals surface area (Å²) in [6, 6.07) is 20.7. The van der Waals surface area contributed by atoms with Crippen molar-refractivity contribution in [1.29, 1.82) is 0 Å². The van der Waals surface area contributed by atoms with Gasteiger partial charge in [-0.2, -0.15) is 0 Å². The zero-order valence-electron chi connectivity index (χ0n) is 10.2. The lowest BCUT2D eigenvalue weighted by Crippen LogP contribution is -1.95. The summed E-state index contributed by atoms with van der Waals surface area (Å²) >= 11 is 0. The first-order valence-corrected chi connectivity index (χ1v) is 6.01. The number of fused-ring (bicyclic) bond motifs is 1. The van der Waals surface area contributed by atoms with Gasteiger partial charge in [-0.05, 0) is 11.5 Å². The average molecular weight is 234 g/mol. The van der Waals surface area contributed by atoms with Gasteiger partial charge in [0.1, 0.15) is 5.82 Å². The van der Waals surface area contributed by atoms with E-state index in [9.17, 15) is 0 Å². The van der Waals surface area contributed by atoms with Crippen LogP contribution in [0.2, 0.25) is 0 Å². The molecule has 0 saturated heterocycles. The minimum Gasteiger partial charge on any atom is -0.373 e. The predicted octanol–water partition coefficient (Wildman–Crippen LogP) is 3.94. The van der Waals surface area contributed by atoms with Crippen LogP contribution < -0.4 is 5.32 Å². The Labute approximate surface area is 106 Å². The molecule has 2 aromatic carbocycles. The van der Waals surface area contributed by atoms with Crippen LogP contribution in [0.3, 0.4) is 0 Å². The molecule has 0 fully saturated rings. The van der Waals surface area contributed by atoms with Crippen LogP contribution >= 0.6 is 0 Å². The molecular formula is C16H14N2. The highest BCUT2D eigenvalue weighted by molar-refractivity contribution is 5.96. The lowest BCUT2D eigenvalue weighted by molar-refractivity contribution is 1.31. The maximum Gasteiger partial charge on any atom is 0.127 e. The van der Waals surface area contributed by atoms with Crippen LogP contribution in [0.5, 0.6) is 0 Å². The van der Waals surface area contributed by atoms with E-state index >= 15 is 0 Å². The molecule has 0 radical (unpaired) electrons. The van der Waals surface area contributed by atoms with Crippen molar-refractivity contribution in [3.8, 4) is 11.3 Å². The predicted molar refractivity (Wildman–Crippen MR) is 76.7 cm³/mol. The van der Waals surface area contributed by atoms with Gasteiger partial charge in [0, 0.05) is 18.0 Å². The second kappa shape index (κ2) is 4.49. The van der Waals surface area contributed by atoms with Gasteiger partial charge in [-0.25, -0.2) is 4.98 Å². The summed E-state index contributed by atoms with van der Waals surface area (Å²) in [5.41, 5.74) is 2.17. The molecule has 0 unspecified atom stereocenters. The first-order chi connectivity index (χ1) is 8.88. The zero-order chi connectivity index (χ0) is 12.4. The van der Waals surface area contributed by atoms with Gasteiger partial charge in [0.2, 0.25) is 0 Å². The molecule has 3 aromatic rings. The van der Waals surface area contributed by atoms with Crippen molar-refractivity contribution in [3.63, 3.8) is 0 Å². The van der Waals surface area contributed by atoms with Gasteiger partial charge in [-0.3, -0.25) is 0 Å². The third-order valence-corrected chi connectivity index (χ3v) is 3.04. The maximum absolute atomic E-state index is 4.68. The Balaban J connectivity index is 2.33. The van der Waals surface area contributed by atoms with Crippen molar-refractivity contribution in [1.82, 2.24) is 4.98 Å². The third-order valence-electron chi connectivity index (χ3n) is 3.04. The lowest BCUT2D eigenvalue weighted by atomic mass is 10.0. The number of rotatable bonds is 2. The van der Waals surface area contributed by atoms with Gasteiger partial charge < -0.3 is 5.32 Å². The summed E-state index contributed by atoms with van der Waals surface area (Å²) in [6.45, 7) is 0. The van der Waals surface area contributed by atoms with Crippen molar-refractivity contribution >= 4 is 16.6 Å². The number of nitrogens with zero attached hydrogens (tertiary/aromatic N) is 1. The van der Waals surface area contributed by atoms with E-state index in [2.05, 4.69) is 52.8 Å². The highest BCUT2D eigenvalue weighted by Gasteiger charge is 2.06. The van der Waals surface area contributed by atoms with Gasteiger partial charge in [0.05, 0.1) is 5.69 Å². The van der Waals surface area contributed by atoms with E-state index in [1.54, 1.807) is 0 Å². The lowest BCUT2D eigenvalue weighted by Gasteiger charge is -2.09. The smallest absolute Gasteiger partial charge is 0.127 e. The Morgan fingerprint density at radius 2 is 1.61 bits per heavy atom. The molecule has 0 atom stereocenters. The normalized spacial score (nSPS) is 10.5. The third kappa shape index (κ3) is 1.82. The van der Waals surface area contributed by atoms with Crippen LogP contribution in [0.1, 0.15) is 0 Å². The number of pyridine rings is 1. The maximum atomic E-state index is 4.68. The van der Waals surface area contributed by atoms with Crippen LogP contribution in [0.4, 0.5) is 5.82 Å². The van der Waals surface area contributed by atoms with Crippen LogP contribution in [0.15, 0.2) is 60.7 Å². The summed E-state index contributed by atoms with van der Waals surface area (Å²) in [5.74, 6) is 0.896. The van der Waals surface area contributed by atoms with Crippen LogP contribution in [-0.4, -0.2) is 12.0 Å². The largest absolute Gasteiger partial charge is 0.373 e. The molecule has 0 saturated carbocycles. The van der Waals surface area contributed by atoms with Crippen LogP contribution in [0, 0.1) is 0 Å². The number of benzene rings is 2. The van der Waals surface area contributed by atoms with Crippen molar-refractivity contribution in [3.05, 3.63) is 60.7 Å². The number of aromatic nitrogens is 1. The monoisotopic (exact) mass is 234 g/mol. The molecule has 1 N–H and O–H groups in total. The van der Waals surface area contributed by atoms with E-state index in [-0.39, 0.29) is 0 Å². The number of hydrogen-bond acceptors (Lipinski definition) is 2. The first-order valence-electron chi connectivity index (χ1n) is 6.01. The number of hydrogen-bond donors (Lipinski definition) is 1.